The van der Waals surface area contributed by atoms with E-state index in [2.05, 4.69) is 28.1 Å². The van der Waals surface area contributed by atoms with E-state index in [0.717, 1.165) is 6.42 Å². The first-order valence-electron chi connectivity index (χ1n) is 11.4. The number of nitrogens with one attached hydrogen (secondary N) is 3. The predicted molar refractivity (Wildman–Crippen MR) is 147 cm³/mol. The first kappa shape index (κ1) is 24.6. The quantitative estimate of drug-likeness (QED) is 0.274. The smallest absolute Gasteiger partial charge is 0.257 e. The lowest BCUT2D eigenvalue weighted by molar-refractivity contribution is 0.0976. The van der Waals surface area contributed by atoms with Crippen molar-refractivity contribution < 1.29 is 14.3 Å². The molecule has 0 aliphatic heterocycles. The number of amides is 2. The first-order chi connectivity index (χ1) is 17.6. The van der Waals surface area contributed by atoms with E-state index < -0.39 is 0 Å². The van der Waals surface area contributed by atoms with Gasteiger partial charge < -0.3 is 15.4 Å². The fourth-order valence-electron chi connectivity index (χ4n) is 3.47. The molecule has 3 N–H and O–H groups in total. The highest BCUT2D eigenvalue weighted by atomic mass is 32.1. The molecule has 0 bridgehead atoms. The number of carbonyl (C=O) groups is 2. The Hall–Kier alpha value is -4.49. The van der Waals surface area contributed by atoms with Crippen LogP contribution in [0.25, 0.3) is 0 Å². The summed E-state index contributed by atoms with van der Waals surface area (Å²) in [7, 11) is 0. The minimum atomic E-state index is -0.366. The average Bonchev–Trinajstić information content (AvgIpc) is 2.90. The molecule has 2 amide bonds. The van der Waals surface area contributed by atoms with Crippen LogP contribution in [-0.2, 0) is 6.42 Å². The van der Waals surface area contributed by atoms with E-state index in [4.69, 9.17) is 17.0 Å². The molecule has 0 unspecified atom stereocenters. The van der Waals surface area contributed by atoms with Crippen molar-refractivity contribution in [2.45, 2.75) is 6.42 Å². The maximum absolute atomic E-state index is 12.8. The maximum atomic E-state index is 12.8. The molecule has 0 radical (unpaired) electrons. The van der Waals surface area contributed by atoms with Gasteiger partial charge in [0.25, 0.3) is 11.8 Å². The van der Waals surface area contributed by atoms with Crippen molar-refractivity contribution in [2.24, 2.45) is 0 Å². The van der Waals surface area contributed by atoms with Gasteiger partial charge in [0.15, 0.2) is 5.11 Å². The summed E-state index contributed by atoms with van der Waals surface area (Å²) in [4.78, 5) is 25.4. The Morgan fingerprint density at radius 3 is 2.06 bits per heavy atom. The summed E-state index contributed by atoms with van der Waals surface area (Å²) in [6.45, 7) is 0.542. The number of para-hydroxylation sites is 2. The van der Waals surface area contributed by atoms with Crippen LogP contribution >= 0.6 is 12.2 Å². The zero-order chi connectivity index (χ0) is 25.2. The van der Waals surface area contributed by atoms with E-state index >= 15 is 0 Å². The Balaban J connectivity index is 1.30. The topological polar surface area (TPSA) is 79.5 Å². The number of benzene rings is 4. The highest BCUT2D eigenvalue weighted by molar-refractivity contribution is 7.80. The summed E-state index contributed by atoms with van der Waals surface area (Å²) in [5.41, 5.74) is 3.20. The molecule has 7 heteroatoms. The minimum Gasteiger partial charge on any atom is -0.493 e. The van der Waals surface area contributed by atoms with Crippen LogP contribution < -0.4 is 20.7 Å². The van der Waals surface area contributed by atoms with E-state index in [1.54, 1.807) is 60.7 Å². The van der Waals surface area contributed by atoms with Crippen molar-refractivity contribution in [1.82, 2.24) is 5.32 Å². The molecule has 4 rings (SSSR count). The van der Waals surface area contributed by atoms with E-state index in [9.17, 15) is 9.59 Å². The van der Waals surface area contributed by atoms with Gasteiger partial charge in [-0.3, -0.25) is 14.9 Å². The molecule has 0 aromatic heterocycles. The number of thiocarbonyl (C=S) groups is 1. The van der Waals surface area contributed by atoms with Gasteiger partial charge in [0.05, 0.1) is 17.9 Å². The fourth-order valence-corrected chi connectivity index (χ4v) is 3.68. The van der Waals surface area contributed by atoms with Gasteiger partial charge in [-0.2, -0.15) is 0 Å². The van der Waals surface area contributed by atoms with Crippen molar-refractivity contribution in [3.05, 3.63) is 126 Å². The highest BCUT2D eigenvalue weighted by Gasteiger charge is 2.14. The van der Waals surface area contributed by atoms with Gasteiger partial charge in [-0.05, 0) is 66.3 Å². The molecule has 0 saturated carbocycles. The van der Waals surface area contributed by atoms with Gasteiger partial charge in [0.2, 0.25) is 0 Å². The third-order valence-corrected chi connectivity index (χ3v) is 5.50. The Labute approximate surface area is 215 Å². The molecule has 4 aromatic rings. The van der Waals surface area contributed by atoms with Crippen LogP contribution in [0.3, 0.4) is 0 Å². The maximum Gasteiger partial charge on any atom is 0.257 e. The van der Waals surface area contributed by atoms with E-state index in [1.807, 2.05) is 36.4 Å². The lowest BCUT2D eigenvalue weighted by atomic mass is 10.1. The number of hydrogen-bond donors (Lipinski definition) is 3. The summed E-state index contributed by atoms with van der Waals surface area (Å²) in [6, 6.07) is 33.1. The Morgan fingerprint density at radius 1 is 0.694 bits per heavy atom. The molecule has 0 spiro atoms. The predicted octanol–water partition coefficient (Wildman–Crippen LogP) is 5.69. The zero-order valence-electron chi connectivity index (χ0n) is 19.4. The number of rotatable bonds is 8. The number of carbonyl (C=O) groups excluding carboxylic acids is 2. The number of ether oxygens (including phenoxy) is 1. The minimum absolute atomic E-state index is 0.0862. The van der Waals surface area contributed by atoms with Crippen molar-refractivity contribution in [2.75, 3.05) is 17.2 Å². The van der Waals surface area contributed by atoms with Crippen LogP contribution in [0.2, 0.25) is 0 Å². The molecule has 0 atom stereocenters. The van der Waals surface area contributed by atoms with Crippen molar-refractivity contribution in [1.29, 1.82) is 0 Å². The molecule has 0 heterocycles. The van der Waals surface area contributed by atoms with Gasteiger partial charge in [0, 0.05) is 17.7 Å². The van der Waals surface area contributed by atoms with Crippen LogP contribution in [0.4, 0.5) is 11.4 Å². The summed E-state index contributed by atoms with van der Waals surface area (Å²) in [5, 5.41) is 8.53. The molecular weight excluding hydrogens is 470 g/mol. The zero-order valence-corrected chi connectivity index (χ0v) is 20.3. The molecule has 6 nitrogen and oxygen atoms in total. The first-order valence-corrected chi connectivity index (χ1v) is 11.8. The van der Waals surface area contributed by atoms with Crippen LogP contribution in [0.5, 0.6) is 5.75 Å². The molecule has 0 aliphatic carbocycles. The van der Waals surface area contributed by atoms with E-state index in [0.29, 0.717) is 34.9 Å². The van der Waals surface area contributed by atoms with Gasteiger partial charge in [-0.1, -0.05) is 60.7 Å². The molecule has 0 fully saturated rings. The summed E-state index contributed by atoms with van der Waals surface area (Å²) < 4.78 is 5.78. The van der Waals surface area contributed by atoms with Gasteiger partial charge in [-0.25, -0.2) is 0 Å². The second-order valence-electron chi connectivity index (χ2n) is 7.88. The van der Waals surface area contributed by atoms with Crippen molar-refractivity contribution in [3.63, 3.8) is 0 Å². The van der Waals surface area contributed by atoms with Crippen LogP contribution in [0.1, 0.15) is 26.3 Å². The standard InChI is InChI=1S/C29H25N3O3S/c33-27(22-15-17-24(18-16-22)35-20-19-21-9-3-1-4-10-21)32-29(36)31-26-14-8-7-13-25(26)28(34)30-23-11-5-2-6-12-23/h1-18H,19-20H2,(H,30,34)(H2,31,32,33,36). The van der Waals surface area contributed by atoms with Gasteiger partial charge >= 0.3 is 0 Å². The van der Waals surface area contributed by atoms with Gasteiger partial charge in [-0.15, -0.1) is 0 Å². The summed E-state index contributed by atoms with van der Waals surface area (Å²) in [6.07, 6.45) is 0.799. The van der Waals surface area contributed by atoms with Gasteiger partial charge in [0.1, 0.15) is 5.75 Å². The molecule has 0 aliphatic rings. The van der Waals surface area contributed by atoms with Crippen LogP contribution in [0, 0.1) is 0 Å². The Kier molecular flexibility index (Phi) is 8.40. The molecule has 36 heavy (non-hydrogen) atoms. The third-order valence-electron chi connectivity index (χ3n) is 5.30. The normalized spacial score (nSPS) is 10.2. The molecule has 180 valence electrons. The Bertz CT molecular complexity index is 1330. The average molecular weight is 496 g/mol. The fraction of sp³-hybridized carbons (Fsp3) is 0.0690. The molecular formula is C29H25N3O3S. The lowest BCUT2D eigenvalue weighted by Gasteiger charge is -2.14. The van der Waals surface area contributed by atoms with Crippen LogP contribution in [-0.4, -0.2) is 23.5 Å². The van der Waals surface area contributed by atoms with Crippen molar-refractivity contribution >= 4 is 40.5 Å². The summed E-state index contributed by atoms with van der Waals surface area (Å²) in [5.74, 6) is 0.0253. The van der Waals surface area contributed by atoms with E-state index in [1.165, 1.54) is 5.56 Å². The number of hydrogen-bond acceptors (Lipinski definition) is 4. The Morgan fingerprint density at radius 2 is 1.33 bits per heavy atom. The van der Waals surface area contributed by atoms with Crippen LogP contribution in [0.15, 0.2) is 109 Å². The lowest BCUT2D eigenvalue weighted by Crippen LogP contribution is -2.34. The van der Waals surface area contributed by atoms with Crippen molar-refractivity contribution in [3.8, 4) is 5.75 Å². The van der Waals surface area contributed by atoms with E-state index in [-0.39, 0.29) is 16.9 Å². The molecule has 4 aromatic carbocycles. The highest BCUT2D eigenvalue weighted by Crippen LogP contribution is 2.18. The number of anilines is 2. The largest absolute Gasteiger partial charge is 0.493 e. The monoisotopic (exact) mass is 495 g/mol. The second-order valence-corrected chi connectivity index (χ2v) is 8.29. The molecule has 0 saturated heterocycles. The second kappa shape index (κ2) is 12.3. The summed E-state index contributed by atoms with van der Waals surface area (Å²) >= 11 is 5.32. The SMILES string of the molecule is O=C(NC(=S)Nc1ccccc1C(=O)Nc1ccccc1)c1ccc(OCCc2ccccc2)cc1. The third kappa shape index (κ3) is 7.01.